The Morgan fingerprint density at radius 2 is 1.81 bits per heavy atom. The predicted octanol–water partition coefficient (Wildman–Crippen LogP) is 2.26. The summed E-state index contributed by atoms with van der Waals surface area (Å²) in [4.78, 5) is 17.0. The number of nitrogens with zero attached hydrogens (tertiary/aromatic N) is 2. The number of carbonyl (C=O) groups is 1. The highest BCUT2D eigenvalue weighted by Crippen LogP contribution is 2.24. The lowest BCUT2D eigenvalue weighted by Crippen LogP contribution is -2.37. The molecule has 0 saturated carbocycles. The summed E-state index contributed by atoms with van der Waals surface area (Å²) in [6.07, 6.45) is 0. The van der Waals surface area contributed by atoms with Crippen LogP contribution in [0.25, 0.3) is 0 Å². The van der Waals surface area contributed by atoms with Crippen molar-refractivity contribution in [1.29, 1.82) is 0 Å². The normalized spacial score (nSPS) is 19.8. The van der Waals surface area contributed by atoms with Crippen molar-refractivity contribution in [2.24, 2.45) is 5.92 Å². The van der Waals surface area contributed by atoms with E-state index in [0.29, 0.717) is 25.3 Å². The molecule has 2 unspecified atom stereocenters. The minimum Gasteiger partial charge on any atom is -0.489 e. The third kappa shape index (κ3) is 4.06. The van der Waals surface area contributed by atoms with Gasteiger partial charge in [0.1, 0.15) is 12.4 Å². The van der Waals surface area contributed by atoms with Crippen LogP contribution in [0.3, 0.4) is 0 Å². The van der Waals surface area contributed by atoms with Crippen LogP contribution in [-0.4, -0.2) is 60.6 Å². The van der Waals surface area contributed by atoms with E-state index in [4.69, 9.17) is 4.74 Å². The number of aliphatic hydroxyl groups is 1. The second-order valence-electron chi connectivity index (χ2n) is 6.94. The predicted molar refractivity (Wildman–Crippen MR) is 101 cm³/mol. The SMILES string of the molecule is CN(C)C1CN(C(=O)c2ccccc2COc2ccccc2)CC1CO. The molecule has 1 aliphatic heterocycles. The van der Waals surface area contributed by atoms with Crippen LogP contribution in [0.1, 0.15) is 15.9 Å². The van der Waals surface area contributed by atoms with Crippen molar-refractivity contribution in [3.05, 3.63) is 65.7 Å². The first-order valence-electron chi connectivity index (χ1n) is 8.92. The number of rotatable bonds is 6. The van der Waals surface area contributed by atoms with E-state index < -0.39 is 0 Å². The molecule has 1 saturated heterocycles. The maximum atomic E-state index is 13.1. The van der Waals surface area contributed by atoms with E-state index in [0.717, 1.165) is 11.3 Å². The summed E-state index contributed by atoms with van der Waals surface area (Å²) in [5, 5.41) is 9.64. The zero-order chi connectivity index (χ0) is 18.5. The van der Waals surface area contributed by atoms with E-state index >= 15 is 0 Å². The van der Waals surface area contributed by atoms with Crippen molar-refractivity contribution in [2.45, 2.75) is 12.6 Å². The van der Waals surface area contributed by atoms with Gasteiger partial charge in [0.15, 0.2) is 0 Å². The molecule has 1 heterocycles. The van der Waals surface area contributed by atoms with Crippen LogP contribution in [-0.2, 0) is 6.61 Å². The van der Waals surface area contributed by atoms with Gasteiger partial charge in [0.05, 0.1) is 0 Å². The van der Waals surface area contributed by atoms with E-state index in [1.165, 1.54) is 0 Å². The van der Waals surface area contributed by atoms with Crippen molar-refractivity contribution in [2.75, 3.05) is 33.8 Å². The molecule has 26 heavy (non-hydrogen) atoms. The van der Waals surface area contributed by atoms with E-state index in [-0.39, 0.29) is 24.5 Å². The zero-order valence-electron chi connectivity index (χ0n) is 15.3. The lowest BCUT2D eigenvalue weighted by Gasteiger charge is -2.23. The topological polar surface area (TPSA) is 53.0 Å². The Bertz CT molecular complexity index is 733. The highest BCUT2D eigenvalue weighted by atomic mass is 16.5. The molecule has 5 nitrogen and oxygen atoms in total. The number of amides is 1. The van der Waals surface area contributed by atoms with Gasteiger partial charge in [-0.15, -0.1) is 0 Å². The fraction of sp³-hybridized carbons (Fsp3) is 0.381. The molecule has 0 radical (unpaired) electrons. The van der Waals surface area contributed by atoms with Crippen LogP contribution < -0.4 is 4.74 Å². The number of ether oxygens (including phenoxy) is 1. The average molecular weight is 354 g/mol. The Morgan fingerprint density at radius 1 is 1.12 bits per heavy atom. The van der Waals surface area contributed by atoms with Gasteiger partial charge >= 0.3 is 0 Å². The third-order valence-electron chi connectivity index (χ3n) is 4.98. The van der Waals surface area contributed by atoms with Crippen molar-refractivity contribution in [1.82, 2.24) is 9.80 Å². The smallest absolute Gasteiger partial charge is 0.254 e. The molecule has 1 fully saturated rings. The summed E-state index contributed by atoms with van der Waals surface area (Å²) >= 11 is 0. The molecule has 5 heteroatoms. The number of carbonyl (C=O) groups excluding carboxylic acids is 1. The molecule has 1 aliphatic rings. The summed E-state index contributed by atoms with van der Waals surface area (Å²) in [7, 11) is 3.98. The largest absolute Gasteiger partial charge is 0.489 e. The molecule has 1 N–H and O–H groups in total. The molecular formula is C21H26N2O3. The number of aliphatic hydroxyl groups excluding tert-OH is 1. The van der Waals surface area contributed by atoms with Gasteiger partial charge in [-0.3, -0.25) is 4.79 Å². The van der Waals surface area contributed by atoms with Crippen LogP contribution >= 0.6 is 0 Å². The summed E-state index contributed by atoms with van der Waals surface area (Å²) in [5.74, 6) is 0.866. The maximum absolute atomic E-state index is 13.1. The highest BCUT2D eigenvalue weighted by molar-refractivity contribution is 5.96. The number of para-hydroxylation sites is 1. The molecule has 0 aliphatic carbocycles. The summed E-state index contributed by atoms with van der Waals surface area (Å²) < 4.78 is 5.83. The summed E-state index contributed by atoms with van der Waals surface area (Å²) in [6.45, 7) is 1.64. The van der Waals surface area contributed by atoms with Crippen molar-refractivity contribution in [3.8, 4) is 5.75 Å². The standard InChI is InChI=1S/C21H26N2O3/c1-22(2)20-13-23(12-17(20)14-24)21(25)19-11-7-6-8-16(19)15-26-18-9-4-3-5-10-18/h3-11,17,20,24H,12-15H2,1-2H3. The second kappa shape index (κ2) is 8.34. The van der Waals surface area contributed by atoms with Crippen LogP contribution in [0.2, 0.25) is 0 Å². The molecule has 2 aromatic rings. The molecule has 2 atom stereocenters. The minimum absolute atomic E-state index is 0.0000571. The minimum atomic E-state index is 0.0000571. The number of likely N-dealkylation sites (N-methyl/N-ethyl adjacent to an activating group) is 1. The van der Waals surface area contributed by atoms with Crippen molar-refractivity contribution >= 4 is 5.91 Å². The van der Waals surface area contributed by atoms with Gasteiger partial charge in [-0.1, -0.05) is 36.4 Å². The van der Waals surface area contributed by atoms with Gasteiger partial charge in [-0.2, -0.15) is 0 Å². The molecule has 3 rings (SSSR count). The zero-order valence-corrected chi connectivity index (χ0v) is 15.3. The first kappa shape index (κ1) is 18.4. The van der Waals surface area contributed by atoms with Crippen LogP contribution in [0.4, 0.5) is 0 Å². The maximum Gasteiger partial charge on any atom is 0.254 e. The van der Waals surface area contributed by atoms with Gasteiger partial charge in [-0.05, 0) is 32.3 Å². The van der Waals surface area contributed by atoms with Gasteiger partial charge < -0.3 is 19.6 Å². The Labute approximate surface area is 154 Å². The quantitative estimate of drug-likeness (QED) is 0.865. The van der Waals surface area contributed by atoms with Gasteiger partial charge in [0, 0.05) is 42.8 Å². The Morgan fingerprint density at radius 3 is 2.46 bits per heavy atom. The number of benzene rings is 2. The highest BCUT2D eigenvalue weighted by Gasteiger charge is 2.36. The van der Waals surface area contributed by atoms with E-state index in [1.807, 2.05) is 73.6 Å². The monoisotopic (exact) mass is 354 g/mol. The molecule has 0 bridgehead atoms. The molecule has 0 aromatic heterocycles. The third-order valence-corrected chi connectivity index (χ3v) is 4.98. The molecule has 138 valence electrons. The second-order valence-corrected chi connectivity index (χ2v) is 6.94. The Kier molecular flexibility index (Phi) is 5.91. The lowest BCUT2D eigenvalue weighted by atomic mass is 10.0. The first-order chi connectivity index (χ1) is 12.6. The van der Waals surface area contributed by atoms with E-state index in [9.17, 15) is 9.90 Å². The molecule has 2 aromatic carbocycles. The van der Waals surface area contributed by atoms with Gasteiger partial charge in [-0.25, -0.2) is 0 Å². The van der Waals surface area contributed by atoms with E-state index in [1.54, 1.807) is 0 Å². The number of hydrogen-bond donors (Lipinski definition) is 1. The summed E-state index contributed by atoms with van der Waals surface area (Å²) in [5.41, 5.74) is 1.54. The average Bonchev–Trinajstić information content (AvgIpc) is 3.12. The lowest BCUT2D eigenvalue weighted by molar-refractivity contribution is 0.0776. The Hall–Kier alpha value is -2.37. The number of hydrogen-bond acceptors (Lipinski definition) is 4. The van der Waals surface area contributed by atoms with E-state index in [2.05, 4.69) is 4.90 Å². The number of likely N-dealkylation sites (tertiary alicyclic amines) is 1. The molecule has 0 spiro atoms. The van der Waals surface area contributed by atoms with Crippen molar-refractivity contribution < 1.29 is 14.6 Å². The first-order valence-corrected chi connectivity index (χ1v) is 8.92. The fourth-order valence-corrected chi connectivity index (χ4v) is 3.49. The van der Waals surface area contributed by atoms with Crippen LogP contribution in [0.15, 0.2) is 54.6 Å². The fourth-order valence-electron chi connectivity index (χ4n) is 3.49. The molecular weight excluding hydrogens is 328 g/mol. The van der Waals surface area contributed by atoms with Crippen LogP contribution in [0.5, 0.6) is 5.75 Å². The summed E-state index contributed by atoms with van der Waals surface area (Å²) in [6, 6.07) is 17.3. The Balaban J connectivity index is 1.74. The van der Waals surface area contributed by atoms with Gasteiger partial charge in [0.25, 0.3) is 5.91 Å². The van der Waals surface area contributed by atoms with Crippen molar-refractivity contribution in [3.63, 3.8) is 0 Å². The molecule has 1 amide bonds. The van der Waals surface area contributed by atoms with Crippen LogP contribution in [0, 0.1) is 5.92 Å². The van der Waals surface area contributed by atoms with Gasteiger partial charge in [0.2, 0.25) is 0 Å².